The summed E-state index contributed by atoms with van der Waals surface area (Å²) in [5.74, 6) is 2.24. The second-order valence-corrected chi connectivity index (χ2v) is 7.96. The molecule has 0 aliphatic heterocycles. The fraction of sp³-hybridized carbons (Fsp3) is 0.333. The number of ether oxygens (including phenoxy) is 2. The lowest BCUT2D eigenvalue weighted by molar-refractivity contribution is -0.118. The predicted molar refractivity (Wildman–Crippen MR) is 115 cm³/mol. The highest BCUT2D eigenvalue weighted by Crippen LogP contribution is 2.49. The summed E-state index contributed by atoms with van der Waals surface area (Å²) in [6.07, 6.45) is 1.50. The summed E-state index contributed by atoms with van der Waals surface area (Å²) in [6.45, 7) is 4.29. The minimum absolute atomic E-state index is 0.0491. The minimum Gasteiger partial charge on any atom is -0.493 e. The van der Waals surface area contributed by atoms with E-state index in [1.807, 2.05) is 48.5 Å². The van der Waals surface area contributed by atoms with Crippen LogP contribution in [0.1, 0.15) is 43.9 Å². The van der Waals surface area contributed by atoms with E-state index >= 15 is 0 Å². The third-order valence-corrected chi connectivity index (χ3v) is 5.69. The zero-order valence-electron chi connectivity index (χ0n) is 17.7. The van der Waals surface area contributed by atoms with E-state index in [1.54, 1.807) is 14.2 Å². The minimum atomic E-state index is -0.630. The third-order valence-electron chi connectivity index (χ3n) is 5.69. The Morgan fingerprint density at radius 3 is 2.33 bits per heavy atom. The third kappa shape index (κ3) is 3.65. The number of anilines is 1. The van der Waals surface area contributed by atoms with Crippen molar-refractivity contribution in [3.63, 3.8) is 0 Å². The first kappa shape index (κ1) is 20.0. The maximum atomic E-state index is 13.0. The second kappa shape index (κ2) is 7.86. The van der Waals surface area contributed by atoms with Crippen molar-refractivity contribution >= 4 is 11.6 Å². The van der Waals surface area contributed by atoms with Gasteiger partial charge in [-0.2, -0.15) is 0 Å². The summed E-state index contributed by atoms with van der Waals surface area (Å²) in [5, 5.41) is 7.25. The molecule has 3 aromatic rings. The molecule has 1 N–H and O–H groups in total. The maximum absolute atomic E-state index is 13.0. The van der Waals surface area contributed by atoms with Crippen molar-refractivity contribution in [1.29, 1.82) is 0 Å². The van der Waals surface area contributed by atoms with Gasteiger partial charge in [0.15, 0.2) is 17.3 Å². The molecule has 30 heavy (non-hydrogen) atoms. The van der Waals surface area contributed by atoms with Crippen molar-refractivity contribution in [2.45, 2.75) is 38.0 Å². The molecule has 0 unspecified atom stereocenters. The van der Waals surface area contributed by atoms with Crippen LogP contribution in [0.3, 0.4) is 0 Å². The molecule has 156 valence electrons. The van der Waals surface area contributed by atoms with Crippen molar-refractivity contribution < 1.29 is 18.8 Å². The van der Waals surface area contributed by atoms with Crippen molar-refractivity contribution in [2.24, 2.45) is 0 Å². The van der Waals surface area contributed by atoms with E-state index < -0.39 is 5.41 Å². The first-order valence-electron chi connectivity index (χ1n) is 10.1. The zero-order chi connectivity index (χ0) is 21.3. The van der Waals surface area contributed by atoms with E-state index in [0.29, 0.717) is 28.9 Å². The Balaban J connectivity index is 1.53. The molecule has 1 aliphatic carbocycles. The van der Waals surface area contributed by atoms with Gasteiger partial charge < -0.3 is 19.3 Å². The number of rotatable bonds is 7. The highest BCUT2D eigenvalue weighted by Gasteiger charge is 2.53. The predicted octanol–water partition coefficient (Wildman–Crippen LogP) is 5.15. The fourth-order valence-electron chi connectivity index (χ4n) is 3.55. The number of hydrogen-bond donors (Lipinski definition) is 1. The molecule has 0 saturated heterocycles. The van der Waals surface area contributed by atoms with E-state index in [-0.39, 0.29) is 5.91 Å². The molecule has 0 spiro atoms. The Labute approximate surface area is 176 Å². The van der Waals surface area contributed by atoms with E-state index in [4.69, 9.17) is 14.0 Å². The Morgan fingerprint density at radius 1 is 1.03 bits per heavy atom. The Morgan fingerprint density at radius 2 is 1.73 bits per heavy atom. The molecule has 6 heteroatoms. The Hall–Kier alpha value is -3.28. The van der Waals surface area contributed by atoms with Crippen LogP contribution in [0, 0.1) is 0 Å². The number of carbonyl (C=O) groups excluding carboxylic acids is 1. The molecule has 1 aromatic heterocycles. The van der Waals surface area contributed by atoms with Crippen LogP contribution in [0.25, 0.3) is 11.3 Å². The van der Waals surface area contributed by atoms with E-state index in [9.17, 15) is 4.79 Å². The normalized spacial score (nSPS) is 14.4. The molecule has 1 saturated carbocycles. The molecule has 1 heterocycles. The van der Waals surface area contributed by atoms with Crippen LogP contribution in [0.2, 0.25) is 0 Å². The number of methoxy groups -OCH3 is 2. The van der Waals surface area contributed by atoms with Gasteiger partial charge in [0, 0.05) is 17.3 Å². The van der Waals surface area contributed by atoms with Crippen LogP contribution >= 0.6 is 0 Å². The molecule has 0 radical (unpaired) electrons. The van der Waals surface area contributed by atoms with E-state index in [2.05, 4.69) is 24.3 Å². The van der Waals surface area contributed by atoms with Gasteiger partial charge in [0.2, 0.25) is 5.91 Å². The van der Waals surface area contributed by atoms with Gasteiger partial charge in [-0.05, 0) is 54.7 Å². The summed E-state index contributed by atoms with van der Waals surface area (Å²) in [7, 11) is 3.18. The lowest BCUT2D eigenvalue weighted by atomic mass is 9.99. The number of amides is 1. The van der Waals surface area contributed by atoms with Gasteiger partial charge in [0.1, 0.15) is 0 Å². The summed E-state index contributed by atoms with van der Waals surface area (Å²) in [4.78, 5) is 13.0. The topological polar surface area (TPSA) is 73.6 Å². The molecule has 1 amide bonds. The molecular formula is C24H26N2O4. The summed E-state index contributed by atoms with van der Waals surface area (Å²) in [5.41, 5.74) is 2.87. The van der Waals surface area contributed by atoms with Crippen molar-refractivity contribution in [1.82, 2.24) is 5.16 Å². The first-order chi connectivity index (χ1) is 14.5. The van der Waals surface area contributed by atoms with Gasteiger partial charge in [0.25, 0.3) is 0 Å². The van der Waals surface area contributed by atoms with Gasteiger partial charge in [-0.1, -0.05) is 31.1 Å². The highest BCUT2D eigenvalue weighted by atomic mass is 16.5. The molecule has 0 atom stereocenters. The maximum Gasteiger partial charge on any atom is 0.236 e. The van der Waals surface area contributed by atoms with Crippen LogP contribution in [-0.2, 0) is 10.2 Å². The van der Waals surface area contributed by atoms with Gasteiger partial charge in [0.05, 0.1) is 25.3 Å². The van der Waals surface area contributed by atoms with Crippen molar-refractivity contribution in [3.05, 3.63) is 59.8 Å². The zero-order valence-corrected chi connectivity index (χ0v) is 17.7. The van der Waals surface area contributed by atoms with Gasteiger partial charge in [-0.15, -0.1) is 0 Å². The fourth-order valence-corrected chi connectivity index (χ4v) is 3.55. The molecule has 2 aromatic carbocycles. The van der Waals surface area contributed by atoms with Crippen molar-refractivity contribution in [2.75, 3.05) is 19.5 Å². The average Bonchev–Trinajstić information content (AvgIpc) is 3.43. The summed E-state index contributed by atoms with van der Waals surface area (Å²) in [6, 6.07) is 15.4. The molecule has 4 rings (SSSR count). The van der Waals surface area contributed by atoms with E-state index in [1.165, 1.54) is 5.56 Å². The van der Waals surface area contributed by atoms with Gasteiger partial charge in [-0.3, -0.25) is 4.79 Å². The quantitative estimate of drug-likeness (QED) is 0.587. The highest BCUT2D eigenvalue weighted by molar-refractivity contribution is 6.01. The number of carbonyl (C=O) groups is 1. The molecular weight excluding hydrogens is 380 g/mol. The number of nitrogens with one attached hydrogen (secondary N) is 1. The van der Waals surface area contributed by atoms with E-state index in [0.717, 1.165) is 24.1 Å². The SMILES string of the molecule is COc1ccc(-c2cc(C3(C(=O)Nc4ccc(C(C)C)cc4)CC3)no2)cc1OC. The lowest BCUT2D eigenvalue weighted by Gasteiger charge is -2.13. The monoisotopic (exact) mass is 406 g/mol. The van der Waals surface area contributed by atoms with Crippen LogP contribution < -0.4 is 14.8 Å². The summed E-state index contributed by atoms with van der Waals surface area (Å²) >= 11 is 0. The smallest absolute Gasteiger partial charge is 0.236 e. The molecule has 1 fully saturated rings. The van der Waals surface area contributed by atoms with Crippen LogP contribution in [0.5, 0.6) is 11.5 Å². The number of nitrogens with zero attached hydrogens (tertiary/aromatic N) is 1. The average molecular weight is 406 g/mol. The molecule has 0 bridgehead atoms. The van der Waals surface area contributed by atoms with Crippen LogP contribution in [0.4, 0.5) is 5.69 Å². The first-order valence-corrected chi connectivity index (χ1v) is 10.1. The molecule has 6 nitrogen and oxygen atoms in total. The van der Waals surface area contributed by atoms with Crippen molar-refractivity contribution in [3.8, 4) is 22.8 Å². The number of hydrogen-bond acceptors (Lipinski definition) is 5. The molecule has 1 aliphatic rings. The van der Waals surface area contributed by atoms with Crippen LogP contribution in [0.15, 0.2) is 53.1 Å². The van der Waals surface area contributed by atoms with Gasteiger partial charge in [-0.25, -0.2) is 0 Å². The van der Waals surface area contributed by atoms with Crippen LogP contribution in [-0.4, -0.2) is 25.3 Å². The number of benzene rings is 2. The van der Waals surface area contributed by atoms with Gasteiger partial charge >= 0.3 is 0 Å². The second-order valence-electron chi connectivity index (χ2n) is 7.96. The number of aromatic nitrogens is 1. The Bertz CT molecular complexity index is 1050. The lowest BCUT2D eigenvalue weighted by Crippen LogP contribution is -2.28. The largest absolute Gasteiger partial charge is 0.493 e. The summed E-state index contributed by atoms with van der Waals surface area (Å²) < 4.78 is 16.2. The standard InChI is InChI=1S/C24H26N2O4/c1-15(2)16-5-8-18(9-6-16)25-23(27)24(11-12-24)22-14-20(30-26-22)17-7-10-19(28-3)21(13-17)29-4/h5-10,13-15H,11-12H2,1-4H3,(H,25,27). The Kier molecular flexibility index (Phi) is 5.24.